The van der Waals surface area contributed by atoms with Gasteiger partial charge in [0.1, 0.15) is 10.8 Å². The molecule has 2 aromatic rings. The molecule has 0 radical (unpaired) electrons. The molecule has 8 heteroatoms. The molecule has 2 N–H and O–H groups in total. The van der Waals surface area contributed by atoms with Crippen LogP contribution in [0.5, 0.6) is 0 Å². The number of rotatable bonds is 8. The third-order valence-electron chi connectivity index (χ3n) is 2.90. The molecule has 23 heavy (non-hydrogen) atoms. The summed E-state index contributed by atoms with van der Waals surface area (Å²) < 4.78 is 5.00. The number of amides is 1. The standard InChI is InChI=1S/C15H17N3O4S/c1-10-8-11(18-22-10)9-23-15-12(4-2-7-17-15)14(21)16-6-3-5-13(19)20/h2,4,7-8H,3,5-6,9H2,1H3,(H,16,21)(H,19,20). The number of carboxylic acids is 1. The molecule has 0 aliphatic carbocycles. The smallest absolute Gasteiger partial charge is 0.303 e. The number of nitrogens with zero attached hydrogens (tertiary/aromatic N) is 2. The molecule has 0 aliphatic heterocycles. The number of carbonyl (C=O) groups is 2. The Labute approximate surface area is 137 Å². The van der Waals surface area contributed by atoms with E-state index in [0.717, 1.165) is 11.5 Å². The summed E-state index contributed by atoms with van der Waals surface area (Å²) in [5.74, 6) is 0.147. The zero-order valence-electron chi connectivity index (χ0n) is 12.6. The maximum absolute atomic E-state index is 12.2. The molecule has 1 amide bonds. The van der Waals surface area contributed by atoms with E-state index in [0.29, 0.717) is 29.3 Å². The minimum Gasteiger partial charge on any atom is -0.481 e. The Bertz CT molecular complexity index is 687. The summed E-state index contributed by atoms with van der Waals surface area (Å²) in [6, 6.07) is 5.22. The van der Waals surface area contributed by atoms with Gasteiger partial charge in [0.25, 0.3) is 5.91 Å². The van der Waals surface area contributed by atoms with Gasteiger partial charge in [0.05, 0.1) is 11.3 Å². The Hall–Kier alpha value is -2.35. The van der Waals surface area contributed by atoms with Gasteiger partial charge in [-0.05, 0) is 25.5 Å². The van der Waals surface area contributed by atoms with Crippen LogP contribution in [0.4, 0.5) is 0 Å². The summed E-state index contributed by atoms with van der Waals surface area (Å²) in [5, 5.41) is 15.8. The summed E-state index contributed by atoms with van der Waals surface area (Å²) in [7, 11) is 0. The molecule has 0 spiro atoms. The molecule has 0 aromatic carbocycles. The highest BCUT2D eigenvalue weighted by atomic mass is 32.2. The van der Waals surface area contributed by atoms with Crippen LogP contribution in [0.3, 0.4) is 0 Å². The third kappa shape index (κ3) is 5.41. The number of nitrogens with one attached hydrogen (secondary N) is 1. The van der Waals surface area contributed by atoms with Crippen LogP contribution in [0, 0.1) is 6.92 Å². The summed E-state index contributed by atoms with van der Waals surface area (Å²) in [6.45, 7) is 2.13. The van der Waals surface area contributed by atoms with Gasteiger partial charge in [-0.2, -0.15) is 0 Å². The minimum atomic E-state index is -0.875. The van der Waals surface area contributed by atoms with Gasteiger partial charge >= 0.3 is 5.97 Å². The summed E-state index contributed by atoms with van der Waals surface area (Å²) in [5.41, 5.74) is 1.25. The topological polar surface area (TPSA) is 105 Å². The number of hydrogen-bond acceptors (Lipinski definition) is 6. The average molecular weight is 335 g/mol. The predicted octanol–water partition coefficient (Wildman–Crippen LogP) is 2.26. The first-order chi connectivity index (χ1) is 11.1. The van der Waals surface area contributed by atoms with Crippen LogP contribution >= 0.6 is 11.8 Å². The quantitative estimate of drug-likeness (QED) is 0.563. The summed E-state index contributed by atoms with van der Waals surface area (Å²) in [6.07, 6.45) is 2.04. The number of hydrogen-bond donors (Lipinski definition) is 2. The van der Waals surface area contributed by atoms with Gasteiger partial charge in [-0.3, -0.25) is 9.59 Å². The molecule has 2 aromatic heterocycles. The van der Waals surface area contributed by atoms with Crippen molar-refractivity contribution in [2.24, 2.45) is 0 Å². The van der Waals surface area contributed by atoms with E-state index < -0.39 is 5.97 Å². The molecular weight excluding hydrogens is 318 g/mol. The minimum absolute atomic E-state index is 0.0282. The summed E-state index contributed by atoms with van der Waals surface area (Å²) in [4.78, 5) is 26.9. The maximum atomic E-state index is 12.2. The Morgan fingerprint density at radius 1 is 1.43 bits per heavy atom. The van der Waals surface area contributed by atoms with Crippen LogP contribution in [0.15, 0.2) is 33.9 Å². The van der Waals surface area contributed by atoms with Crippen LogP contribution in [0.25, 0.3) is 0 Å². The number of aliphatic carboxylic acids is 1. The highest BCUT2D eigenvalue weighted by Crippen LogP contribution is 2.24. The number of carbonyl (C=O) groups excluding carboxylic acids is 1. The van der Waals surface area contributed by atoms with Crippen molar-refractivity contribution >= 4 is 23.6 Å². The number of carboxylic acid groups (broad SMARTS) is 1. The fourth-order valence-electron chi connectivity index (χ4n) is 1.84. The molecule has 0 bridgehead atoms. The normalized spacial score (nSPS) is 10.5. The van der Waals surface area contributed by atoms with Gasteiger partial charge < -0.3 is 14.9 Å². The third-order valence-corrected chi connectivity index (χ3v) is 3.94. The van der Waals surface area contributed by atoms with Gasteiger partial charge in [-0.1, -0.05) is 16.9 Å². The Kier molecular flexibility index (Phi) is 6.16. The highest BCUT2D eigenvalue weighted by Gasteiger charge is 2.13. The van der Waals surface area contributed by atoms with Crippen LogP contribution in [0.1, 0.15) is 34.7 Å². The first-order valence-corrected chi connectivity index (χ1v) is 8.05. The van der Waals surface area contributed by atoms with Crippen molar-refractivity contribution in [2.45, 2.75) is 30.5 Å². The van der Waals surface area contributed by atoms with Crippen LogP contribution in [-0.4, -0.2) is 33.7 Å². The predicted molar refractivity (Wildman–Crippen MR) is 84.2 cm³/mol. The monoisotopic (exact) mass is 335 g/mol. The van der Waals surface area contributed by atoms with Crippen LogP contribution < -0.4 is 5.32 Å². The Morgan fingerprint density at radius 2 is 2.26 bits per heavy atom. The first kappa shape index (κ1) is 17.0. The lowest BCUT2D eigenvalue weighted by Gasteiger charge is -2.08. The fourth-order valence-corrected chi connectivity index (χ4v) is 2.72. The lowest BCUT2D eigenvalue weighted by Crippen LogP contribution is -2.25. The van der Waals surface area contributed by atoms with Crippen molar-refractivity contribution in [3.63, 3.8) is 0 Å². The molecule has 0 unspecified atom stereocenters. The van der Waals surface area contributed by atoms with Crippen molar-refractivity contribution in [1.29, 1.82) is 0 Å². The number of pyridine rings is 1. The van der Waals surface area contributed by atoms with E-state index in [4.69, 9.17) is 9.63 Å². The molecule has 0 atom stereocenters. The highest BCUT2D eigenvalue weighted by molar-refractivity contribution is 7.98. The molecule has 0 saturated heterocycles. The second-order valence-corrected chi connectivity index (χ2v) is 5.79. The van der Waals surface area contributed by atoms with E-state index in [1.165, 1.54) is 11.8 Å². The van der Waals surface area contributed by atoms with Crippen LogP contribution in [-0.2, 0) is 10.5 Å². The molecule has 7 nitrogen and oxygen atoms in total. The second kappa shape index (κ2) is 8.33. The fraction of sp³-hybridized carbons (Fsp3) is 0.333. The molecular formula is C15H17N3O4S. The molecule has 2 heterocycles. The van der Waals surface area contributed by atoms with Crippen molar-refractivity contribution in [3.05, 3.63) is 41.4 Å². The van der Waals surface area contributed by atoms with E-state index in [9.17, 15) is 9.59 Å². The van der Waals surface area contributed by atoms with Gasteiger partial charge in [0.2, 0.25) is 0 Å². The van der Waals surface area contributed by atoms with Gasteiger partial charge in [-0.25, -0.2) is 4.98 Å². The first-order valence-electron chi connectivity index (χ1n) is 7.06. The molecule has 0 aliphatic rings. The number of aromatic nitrogens is 2. The zero-order chi connectivity index (χ0) is 16.7. The molecule has 122 valence electrons. The Balaban J connectivity index is 1.93. The van der Waals surface area contributed by atoms with Crippen molar-refractivity contribution in [3.8, 4) is 0 Å². The van der Waals surface area contributed by atoms with E-state index in [1.54, 1.807) is 18.3 Å². The van der Waals surface area contributed by atoms with Gasteiger partial charge in [0.15, 0.2) is 0 Å². The second-order valence-electron chi connectivity index (χ2n) is 4.83. The molecule has 0 fully saturated rings. The van der Waals surface area contributed by atoms with E-state index >= 15 is 0 Å². The van der Waals surface area contributed by atoms with Gasteiger partial charge in [-0.15, -0.1) is 0 Å². The van der Waals surface area contributed by atoms with E-state index in [-0.39, 0.29) is 12.3 Å². The zero-order valence-corrected chi connectivity index (χ0v) is 13.4. The van der Waals surface area contributed by atoms with E-state index in [1.807, 2.05) is 13.0 Å². The number of thioether (sulfide) groups is 1. The maximum Gasteiger partial charge on any atom is 0.303 e. The lowest BCUT2D eigenvalue weighted by atomic mass is 10.2. The average Bonchev–Trinajstić information content (AvgIpc) is 2.95. The van der Waals surface area contributed by atoms with Gasteiger partial charge in [0, 0.05) is 31.0 Å². The van der Waals surface area contributed by atoms with Crippen molar-refractivity contribution < 1.29 is 19.2 Å². The molecule has 2 rings (SSSR count). The lowest BCUT2D eigenvalue weighted by molar-refractivity contribution is -0.137. The Morgan fingerprint density at radius 3 is 2.96 bits per heavy atom. The molecule has 0 saturated carbocycles. The SMILES string of the molecule is Cc1cc(CSc2ncccc2C(=O)NCCCC(=O)O)no1. The van der Waals surface area contributed by atoms with Crippen molar-refractivity contribution in [1.82, 2.24) is 15.5 Å². The van der Waals surface area contributed by atoms with E-state index in [2.05, 4.69) is 15.5 Å². The number of aryl methyl sites for hydroxylation is 1. The van der Waals surface area contributed by atoms with Crippen molar-refractivity contribution in [2.75, 3.05) is 6.54 Å². The largest absolute Gasteiger partial charge is 0.481 e. The summed E-state index contributed by atoms with van der Waals surface area (Å²) >= 11 is 1.40. The van der Waals surface area contributed by atoms with Crippen LogP contribution in [0.2, 0.25) is 0 Å².